The van der Waals surface area contributed by atoms with Crippen LogP contribution in [0.3, 0.4) is 0 Å². The van der Waals surface area contributed by atoms with E-state index in [0.717, 1.165) is 0 Å². The molecule has 0 fully saturated rings. The third-order valence-electron chi connectivity index (χ3n) is 1.81. The number of Topliss-reactive ketones (excluding diaryl/α,β-unsaturated/α-hetero) is 1. The first-order valence-corrected chi connectivity index (χ1v) is 4.06. The van der Waals surface area contributed by atoms with Crippen LogP contribution < -0.4 is 5.73 Å². The van der Waals surface area contributed by atoms with E-state index in [1.165, 1.54) is 0 Å². The molecular formula is C9H19NO. The lowest BCUT2D eigenvalue weighted by Gasteiger charge is -2.26. The fourth-order valence-corrected chi connectivity index (χ4v) is 0.786. The SMILES string of the molecule is CC(C)C(=O)[C@@H](N)C(C)(C)C. The lowest BCUT2D eigenvalue weighted by atomic mass is 9.82. The number of carbonyl (C=O) groups excluding carboxylic acids is 1. The molecule has 0 aliphatic heterocycles. The number of carbonyl (C=O) groups is 1. The highest BCUT2D eigenvalue weighted by atomic mass is 16.1. The molecule has 0 unspecified atom stereocenters. The summed E-state index contributed by atoms with van der Waals surface area (Å²) in [6, 6.07) is -0.331. The van der Waals surface area contributed by atoms with Crippen LogP contribution in [0.2, 0.25) is 0 Å². The number of hydrogen-bond donors (Lipinski definition) is 1. The second-order valence-corrected chi connectivity index (χ2v) is 4.40. The second-order valence-electron chi connectivity index (χ2n) is 4.40. The lowest BCUT2D eigenvalue weighted by molar-refractivity contribution is -0.125. The van der Waals surface area contributed by atoms with Crippen LogP contribution >= 0.6 is 0 Å². The van der Waals surface area contributed by atoms with Gasteiger partial charge in [-0.15, -0.1) is 0 Å². The molecule has 0 aliphatic rings. The first-order valence-electron chi connectivity index (χ1n) is 4.06. The normalized spacial score (nSPS) is 15.2. The second kappa shape index (κ2) is 3.35. The quantitative estimate of drug-likeness (QED) is 0.661. The van der Waals surface area contributed by atoms with Gasteiger partial charge in [-0.05, 0) is 5.41 Å². The highest BCUT2D eigenvalue weighted by Gasteiger charge is 2.28. The van der Waals surface area contributed by atoms with Crippen LogP contribution in [-0.2, 0) is 4.79 Å². The van der Waals surface area contributed by atoms with Crippen molar-refractivity contribution < 1.29 is 4.79 Å². The van der Waals surface area contributed by atoms with Gasteiger partial charge in [0.25, 0.3) is 0 Å². The topological polar surface area (TPSA) is 43.1 Å². The molecule has 2 N–H and O–H groups in total. The predicted molar refractivity (Wildman–Crippen MR) is 47.3 cm³/mol. The Labute approximate surface area is 69.2 Å². The largest absolute Gasteiger partial charge is 0.321 e. The van der Waals surface area contributed by atoms with E-state index in [4.69, 9.17) is 5.73 Å². The Morgan fingerprint density at radius 1 is 1.27 bits per heavy atom. The third kappa shape index (κ3) is 3.02. The van der Waals surface area contributed by atoms with Crippen molar-refractivity contribution in [3.05, 3.63) is 0 Å². The Morgan fingerprint density at radius 2 is 1.64 bits per heavy atom. The van der Waals surface area contributed by atoms with E-state index in [0.29, 0.717) is 0 Å². The summed E-state index contributed by atoms with van der Waals surface area (Å²) in [4.78, 5) is 11.4. The van der Waals surface area contributed by atoms with Gasteiger partial charge in [-0.2, -0.15) is 0 Å². The van der Waals surface area contributed by atoms with Gasteiger partial charge in [-0.25, -0.2) is 0 Å². The van der Waals surface area contributed by atoms with Crippen molar-refractivity contribution in [2.24, 2.45) is 17.1 Å². The minimum atomic E-state index is -0.331. The van der Waals surface area contributed by atoms with Gasteiger partial charge < -0.3 is 5.73 Å². The van der Waals surface area contributed by atoms with E-state index in [1.807, 2.05) is 34.6 Å². The molecule has 0 bridgehead atoms. The van der Waals surface area contributed by atoms with E-state index in [9.17, 15) is 4.79 Å². The van der Waals surface area contributed by atoms with Crippen molar-refractivity contribution in [3.63, 3.8) is 0 Å². The molecule has 1 atom stereocenters. The van der Waals surface area contributed by atoms with Crippen LogP contribution in [0.4, 0.5) is 0 Å². The zero-order valence-corrected chi connectivity index (χ0v) is 8.14. The molecule has 11 heavy (non-hydrogen) atoms. The Hall–Kier alpha value is -0.370. The summed E-state index contributed by atoms with van der Waals surface area (Å²) in [5, 5.41) is 0. The van der Waals surface area contributed by atoms with E-state index in [-0.39, 0.29) is 23.2 Å². The van der Waals surface area contributed by atoms with Gasteiger partial charge in [0, 0.05) is 5.92 Å². The molecule has 0 amide bonds. The number of rotatable bonds is 2. The fraction of sp³-hybridized carbons (Fsp3) is 0.889. The highest BCUT2D eigenvalue weighted by molar-refractivity contribution is 5.86. The van der Waals surface area contributed by atoms with Gasteiger partial charge in [0.15, 0.2) is 5.78 Å². The molecule has 0 spiro atoms. The van der Waals surface area contributed by atoms with Crippen LogP contribution in [0.25, 0.3) is 0 Å². The molecule has 2 nitrogen and oxygen atoms in total. The van der Waals surface area contributed by atoms with Crippen molar-refractivity contribution in [2.75, 3.05) is 0 Å². The van der Waals surface area contributed by atoms with Crippen LogP contribution in [0.1, 0.15) is 34.6 Å². The van der Waals surface area contributed by atoms with Crippen molar-refractivity contribution in [1.29, 1.82) is 0 Å². The molecule has 0 aliphatic carbocycles. The van der Waals surface area contributed by atoms with E-state index >= 15 is 0 Å². The van der Waals surface area contributed by atoms with Gasteiger partial charge in [0.2, 0.25) is 0 Å². The number of ketones is 1. The van der Waals surface area contributed by atoms with E-state index < -0.39 is 0 Å². The Balaban J connectivity index is 4.26. The van der Waals surface area contributed by atoms with Gasteiger partial charge in [-0.3, -0.25) is 4.79 Å². The molecule has 0 saturated carbocycles. The zero-order valence-electron chi connectivity index (χ0n) is 8.14. The maximum atomic E-state index is 11.4. The van der Waals surface area contributed by atoms with Crippen LogP contribution in [0.15, 0.2) is 0 Å². The first kappa shape index (κ1) is 10.6. The average Bonchev–Trinajstić information content (AvgIpc) is 1.82. The fourth-order valence-electron chi connectivity index (χ4n) is 0.786. The molecule has 0 aromatic heterocycles. The monoisotopic (exact) mass is 157 g/mol. The molecule has 0 aromatic rings. The van der Waals surface area contributed by atoms with Gasteiger partial charge >= 0.3 is 0 Å². The summed E-state index contributed by atoms with van der Waals surface area (Å²) in [5.74, 6) is 0.196. The molecular weight excluding hydrogens is 138 g/mol. The molecule has 66 valence electrons. The van der Waals surface area contributed by atoms with Crippen molar-refractivity contribution in [3.8, 4) is 0 Å². The van der Waals surface area contributed by atoms with Crippen molar-refractivity contribution >= 4 is 5.78 Å². The van der Waals surface area contributed by atoms with Crippen LogP contribution in [0, 0.1) is 11.3 Å². The molecule has 0 saturated heterocycles. The number of nitrogens with two attached hydrogens (primary N) is 1. The van der Waals surface area contributed by atoms with E-state index in [2.05, 4.69) is 0 Å². The Bertz CT molecular complexity index is 144. The number of hydrogen-bond acceptors (Lipinski definition) is 2. The summed E-state index contributed by atoms with van der Waals surface area (Å²) in [6.07, 6.45) is 0. The van der Waals surface area contributed by atoms with Crippen molar-refractivity contribution in [1.82, 2.24) is 0 Å². The standard InChI is InChI=1S/C9H19NO/c1-6(2)7(11)8(10)9(3,4)5/h6,8H,10H2,1-5H3/t8-/m1/s1. The van der Waals surface area contributed by atoms with Crippen LogP contribution in [0.5, 0.6) is 0 Å². The summed E-state index contributed by atoms with van der Waals surface area (Å²) >= 11 is 0. The minimum Gasteiger partial charge on any atom is -0.321 e. The predicted octanol–water partition coefficient (Wildman–Crippen LogP) is 1.58. The van der Waals surface area contributed by atoms with Gasteiger partial charge in [-0.1, -0.05) is 34.6 Å². The summed E-state index contributed by atoms with van der Waals surface area (Å²) < 4.78 is 0. The highest BCUT2D eigenvalue weighted by Crippen LogP contribution is 2.19. The smallest absolute Gasteiger partial charge is 0.152 e. The third-order valence-corrected chi connectivity index (χ3v) is 1.81. The summed E-state index contributed by atoms with van der Waals surface area (Å²) in [5.41, 5.74) is 5.64. The first-order chi connectivity index (χ1) is 4.76. The Kier molecular flexibility index (Phi) is 3.24. The van der Waals surface area contributed by atoms with E-state index in [1.54, 1.807) is 0 Å². The van der Waals surface area contributed by atoms with Gasteiger partial charge in [0.1, 0.15) is 0 Å². The molecule has 0 heterocycles. The zero-order chi connectivity index (χ0) is 9.23. The van der Waals surface area contributed by atoms with Gasteiger partial charge in [0.05, 0.1) is 6.04 Å². The summed E-state index contributed by atoms with van der Waals surface area (Å²) in [7, 11) is 0. The molecule has 0 aromatic carbocycles. The molecule has 0 radical (unpaired) electrons. The maximum absolute atomic E-state index is 11.4. The average molecular weight is 157 g/mol. The minimum absolute atomic E-state index is 0.0456. The van der Waals surface area contributed by atoms with Crippen molar-refractivity contribution in [2.45, 2.75) is 40.7 Å². The summed E-state index contributed by atoms with van der Waals surface area (Å²) in [6.45, 7) is 9.72. The molecule has 2 heteroatoms. The van der Waals surface area contributed by atoms with Crippen LogP contribution in [-0.4, -0.2) is 11.8 Å². The maximum Gasteiger partial charge on any atom is 0.152 e. The lowest BCUT2D eigenvalue weighted by Crippen LogP contribution is -2.44. The molecule has 0 rings (SSSR count). The Morgan fingerprint density at radius 3 is 1.73 bits per heavy atom.